The molecule has 0 atom stereocenters. The Morgan fingerprint density at radius 2 is 2.07 bits per heavy atom. The molecule has 28 heavy (non-hydrogen) atoms. The number of benzene rings is 2. The molecule has 0 unspecified atom stereocenters. The fraction of sp³-hybridized carbons (Fsp3) is 0.261. The predicted molar refractivity (Wildman–Crippen MR) is 114 cm³/mol. The lowest BCUT2D eigenvalue weighted by molar-refractivity contribution is -0.132. The van der Waals surface area contributed by atoms with E-state index in [4.69, 9.17) is 16.3 Å². The van der Waals surface area contributed by atoms with Crippen molar-refractivity contribution in [2.75, 3.05) is 19.7 Å². The van der Waals surface area contributed by atoms with Gasteiger partial charge in [-0.1, -0.05) is 29.8 Å². The Morgan fingerprint density at radius 1 is 1.21 bits per heavy atom. The van der Waals surface area contributed by atoms with E-state index >= 15 is 0 Å². The first-order chi connectivity index (χ1) is 13.5. The minimum absolute atomic E-state index is 0.0122. The van der Waals surface area contributed by atoms with Crippen LogP contribution in [-0.4, -0.2) is 35.5 Å². The second kappa shape index (κ2) is 7.72. The lowest BCUT2D eigenvalue weighted by Gasteiger charge is -2.26. The highest BCUT2D eigenvalue weighted by molar-refractivity contribution is 6.31. The van der Waals surface area contributed by atoms with E-state index < -0.39 is 0 Å². The van der Waals surface area contributed by atoms with Gasteiger partial charge in [0.2, 0.25) is 0 Å². The third-order valence-corrected chi connectivity index (χ3v) is 5.48. The van der Waals surface area contributed by atoms with Crippen LogP contribution in [-0.2, 0) is 4.79 Å². The molecule has 0 bridgehead atoms. The van der Waals surface area contributed by atoms with Gasteiger partial charge in [-0.05, 0) is 61.2 Å². The number of carbonyl (C=O) groups is 1. The van der Waals surface area contributed by atoms with Gasteiger partial charge < -0.3 is 14.6 Å². The molecule has 1 aromatic heterocycles. The summed E-state index contributed by atoms with van der Waals surface area (Å²) in [4.78, 5) is 17.7. The molecular weight excluding hydrogens is 372 g/mol. The van der Waals surface area contributed by atoms with Crippen molar-refractivity contribution in [2.45, 2.75) is 20.3 Å². The Bertz CT molecular complexity index is 1070. The lowest BCUT2D eigenvalue weighted by Crippen LogP contribution is -2.37. The van der Waals surface area contributed by atoms with E-state index in [0.717, 1.165) is 44.8 Å². The summed E-state index contributed by atoms with van der Waals surface area (Å²) < 4.78 is 5.77. The van der Waals surface area contributed by atoms with Crippen molar-refractivity contribution >= 4 is 34.0 Å². The Morgan fingerprint density at radius 3 is 2.86 bits per heavy atom. The van der Waals surface area contributed by atoms with E-state index in [9.17, 15) is 4.79 Å². The Labute approximate surface area is 169 Å². The zero-order chi connectivity index (χ0) is 19.7. The van der Waals surface area contributed by atoms with Crippen LogP contribution < -0.4 is 4.74 Å². The van der Waals surface area contributed by atoms with Gasteiger partial charge in [0.15, 0.2) is 6.61 Å². The van der Waals surface area contributed by atoms with Crippen LogP contribution in [0.5, 0.6) is 5.75 Å². The van der Waals surface area contributed by atoms with Gasteiger partial charge in [0.25, 0.3) is 5.91 Å². The van der Waals surface area contributed by atoms with Crippen molar-refractivity contribution in [1.29, 1.82) is 0 Å². The quantitative estimate of drug-likeness (QED) is 0.666. The van der Waals surface area contributed by atoms with Crippen molar-refractivity contribution < 1.29 is 9.53 Å². The number of amides is 1. The minimum atomic E-state index is 0.0122. The molecule has 4 nitrogen and oxygen atoms in total. The Kier molecular flexibility index (Phi) is 5.14. The summed E-state index contributed by atoms with van der Waals surface area (Å²) in [6.45, 7) is 5.35. The summed E-state index contributed by atoms with van der Waals surface area (Å²) in [5.41, 5.74) is 5.64. The van der Waals surface area contributed by atoms with Crippen LogP contribution in [0.2, 0.25) is 5.02 Å². The van der Waals surface area contributed by atoms with Gasteiger partial charge >= 0.3 is 0 Å². The van der Waals surface area contributed by atoms with Crippen molar-refractivity contribution in [3.63, 3.8) is 0 Å². The first-order valence-corrected chi connectivity index (χ1v) is 9.83. The van der Waals surface area contributed by atoms with Gasteiger partial charge in [0, 0.05) is 40.8 Å². The van der Waals surface area contributed by atoms with E-state index in [0.29, 0.717) is 13.1 Å². The third-order valence-electron chi connectivity index (χ3n) is 5.25. The molecular formula is C23H23ClN2O2. The molecule has 0 aliphatic carbocycles. The van der Waals surface area contributed by atoms with Gasteiger partial charge in [-0.25, -0.2) is 0 Å². The molecule has 2 aromatic carbocycles. The number of ether oxygens (including phenoxy) is 1. The van der Waals surface area contributed by atoms with Crippen molar-refractivity contribution in [3.8, 4) is 5.75 Å². The number of aromatic nitrogens is 1. The summed E-state index contributed by atoms with van der Waals surface area (Å²) in [6.07, 6.45) is 4.96. The number of H-pyrrole nitrogens is 1. The topological polar surface area (TPSA) is 45.3 Å². The molecule has 1 aliphatic rings. The number of fused-ring (bicyclic) bond motifs is 1. The normalized spacial score (nSPS) is 14.2. The van der Waals surface area contributed by atoms with Gasteiger partial charge in [-0.2, -0.15) is 0 Å². The molecule has 0 spiro atoms. The maximum absolute atomic E-state index is 12.6. The summed E-state index contributed by atoms with van der Waals surface area (Å²) in [5, 5.41) is 1.85. The maximum Gasteiger partial charge on any atom is 0.260 e. The smallest absolute Gasteiger partial charge is 0.260 e. The molecule has 1 aliphatic heterocycles. The highest BCUT2D eigenvalue weighted by Gasteiger charge is 2.20. The molecule has 0 radical (unpaired) electrons. The van der Waals surface area contributed by atoms with Crippen LogP contribution in [0.25, 0.3) is 16.5 Å². The molecule has 4 rings (SSSR count). The van der Waals surface area contributed by atoms with Gasteiger partial charge in [-0.15, -0.1) is 0 Å². The number of aryl methyl sites for hydroxylation is 2. The van der Waals surface area contributed by atoms with E-state index in [2.05, 4.69) is 11.1 Å². The number of aromatic amines is 1. The minimum Gasteiger partial charge on any atom is -0.483 e. The molecule has 1 N–H and O–H groups in total. The molecule has 0 saturated carbocycles. The highest BCUT2D eigenvalue weighted by Crippen LogP contribution is 2.31. The zero-order valence-electron chi connectivity index (χ0n) is 16.1. The van der Waals surface area contributed by atoms with Crippen LogP contribution in [0.3, 0.4) is 0 Å². The fourth-order valence-electron chi connectivity index (χ4n) is 3.59. The fourth-order valence-corrected chi connectivity index (χ4v) is 3.76. The first-order valence-electron chi connectivity index (χ1n) is 9.45. The number of halogens is 1. The van der Waals surface area contributed by atoms with Crippen molar-refractivity contribution in [3.05, 3.63) is 70.4 Å². The van der Waals surface area contributed by atoms with Gasteiger partial charge in [-0.3, -0.25) is 4.79 Å². The molecule has 5 heteroatoms. The van der Waals surface area contributed by atoms with Gasteiger partial charge in [0.05, 0.1) is 0 Å². The number of rotatable bonds is 4. The second-order valence-electron chi connectivity index (χ2n) is 7.27. The Hall–Kier alpha value is -2.72. The van der Waals surface area contributed by atoms with Crippen LogP contribution in [0.4, 0.5) is 0 Å². The number of nitrogens with zero attached hydrogens (tertiary/aromatic N) is 1. The monoisotopic (exact) mass is 394 g/mol. The Balaban J connectivity index is 1.42. The third kappa shape index (κ3) is 3.78. The summed E-state index contributed by atoms with van der Waals surface area (Å²) in [6, 6.07) is 11.9. The highest BCUT2D eigenvalue weighted by atomic mass is 35.5. The molecule has 2 heterocycles. The number of nitrogens with one attached hydrogen (secondary N) is 1. The summed E-state index contributed by atoms with van der Waals surface area (Å²) in [5.74, 6) is 0.787. The van der Waals surface area contributed by atoms with E-state index in [-0.39, 0.29) is 12.5 Å². The SMILES string of the molecule is Cc1ccc(C)c(OCC(=O)N2CC=C(c3c[nH]c4ccc(Cl)cc34)CC2)c1. The number of carbonyl (C=O) groups excluding carboxylic acids is 1. The number of hydrogen-bond acceptors (Lipinski definition) is 2. The number of hydrogen-bond donors (Lipinski definition) is 1. The molecule has 0 saturated heterocycles. The maximum atomic E-state index is 12.6. The predicted octanol–water partition coefficient (Wildman–Crippen LogP) is 5.13. The van der Waals surface area contributed by atoms with Crippen LogP contribution in [0.1, 0.15) is 23.1 Å². The second-order valence-corrected chi connectivity index (χ2v) is 7.71. The van der Waals surface area contributed by atoms with Crippen LogP contribution in [0, 0.1) is 13.8 Å². The lowest BCUT2D eigenvalue weighted by atomic mass is 9.99. The van der Waals surface area contributed by atoms with E-state index in [1.165, 1.54) is 5.57 Å². The van der Waals surface area contributed by atoms with Crippen molar-refractivity contribution in [2.24, 2.45) is 0 Å². The molecule has 3 aromatic rings. The average Bonchev–Trinajstić information content (AvgIpc) is 3.11. The molecule has 144 valence electrons. The molecule has 1 amide bonds. The summed E-state index contributed by atoms with van der Waals surface area (Å²) in [7, 11) is 0. The van der Waals surface area contributed by atoms with Crippen LogP contribution in [0.15, 0.2) is 48.7 Å². The average molecular weight is 395 g/mol. The van der Waals surface area contributed by atoms with Crippen molar-refractivity contribution in [1.82, 2.24) is 9.88 Å². The summed E-state index contributed by atoms with van der Waals surface area (Å²) >= 11 is 6.16. The standard InChI is InChI=1S/C23H23ClN2O2/c1-15-3-4-16(2)22(11-15)28-14-23(27)26-9-7-17(8-10-26)20-13-25-21-6-5-18(24)12-19(20)21/h3-7,11-13,25H,8-10,14H2,1-2H3. The zero-order valence-corrected chi connectivity index (χ0v) is 16.8. The van der Waals surface area contributed by atoms with E-state index in [1.54, 1.807) is 0 Å². The van der Waals surface area contributed by atoms with Gasteiger partial charge in [0.1, 0.15) is 5.75 Å². The van der Waals surface area contributed by atoms with E-state index in [1.807, 2.05) is 61.3 Å². The van der Waals surface area contributed by atoms with Crippen LogP contribution >= 0.6 is 11.6 Å². The first kappa shape index (κ1) is 18.6. The molecule has 0 fully saturated rings. The largest absolute Gasteiger partial charge is 0.483 e.